The minimum atomic E-state index is -1.60. The first kappa shape index (κ1) is 20.3. The van der Waals surface area contributed by atoms with Crippen molar-refractivity contribution in [1.29, 1.82) is 0 Å². The van der Waals surface area contributed by atoms with Gasteiger partial charge in [-0.25, -0.2) is 0 Å². The van der Waals surface area contributed by atoms with Gasteiger partial charge < -0.3 is 0 Å². The Morgan fingerprint density at radius 1 is 0.577 bits per heavy atom. The summed E-state index contributed by atoms with van der Waals surface area (Å²) < 4.78 is 0. The molecule has 26 heavy (non-hydrogen) atoms. The van der Waals surface area contributed by atoms with Crippen molar-refractivity contribution in [2.24, 2.45) is 0 Å². The van der Waals surface area contributed by atoms with E-state index in [1.54, 1.807) is 0 Å². The van der Waals surface area contributed by atoms with Crippen LogP contribution in [0.2, 0.25) is 26.2 Å². The third-order valence-electron chi connectivity index (χ3n) is 4.65. The van der Waals surface area contributed by atoms with E-state index in [0.717, 1.165) is 25.7 Å². The summed E-state index contributed by atoms with van der Waals surface area (Å²) in [6.07, 6.45) is 4.28. The molecule has 0 bridgehead atoms. The number of benzene rings is 2. The maximum Gasteiger partial charge on any atom is 0.162 e. The SMILES string of the molecule is C[Si](C)(C#CCCCCC#C[Si](C)(C)c1ccccc1)c1ccccc1. The zero-order chi connectivity index (χ0) is 18.9. The van der Waals surface area contributed by atoms with Crippen molar-refractivity contribution < 1.29 is 0 Å². The first-order chi connectivity index (χ1) is 12.4. The average molecular weight is 375 g/mol. The third-order valence-corrected chi connectivity index (χ3v) is 9.80. The molecule has 2 aromatic carbocycles. The van der Waals surface area contributed by atoms with Crippen molar-refractivity contribution in [3.8, 4) is 22.9 Å². The zero-order valence-corrected chi connectivity index (χ0v) is 18.6. The summed E-state index contributed by atoms with van der Waals surface area (Å²) in [5, 5.41) is 2.85. The van der Waals surface area contributed by atoms with Gasteiger partial charge in [0.2, 0.25) is 0 Å². The molecule has 0 amide bonds. The standard InChI is InChI=1S/C24H30Si2/c1-25(2,23-17-11-9-12-18-23)21-15-7-5-6-8-16-22-26(3,4)24-19-13-10-14-20-24/h9-14,17-20H,5-8H2,1-4H3. The molecule has 0 atom stereocenters. The van der Waals surface area contributed by atoms with Gasteiger partial charge in [0.1, 0.15) is 0 Å². The lowest BCUT2D eigenvalue weighted by atomic mass is 10.2. The molecule has 0 spiro atoms. The fraction of sp³-hybridized carbons (Fsp3) is 0.333. The molecule has 0 N–H and O–H groups in total. The highest BCUT2D eigenvalue weighted by atomic mass is 28.3. The maximum absolute atomic E-state index is 3.57. The molecule has 0 saturated carbocycles. The molecule has 0 aliphatic heterocycles. The Bertz CT molecular complexity index is 726. The van der Waals surface area contributed by atoms with E-state index in [-0.39, 0.29) is 0 Å². The van der Waals surface area contributed by atoms with Gasteiger partial charge in [-0.3, -0.25) is 0 Å². The Morgan fingerprint density at radius 2 is 0.923 bits per heavy atom. The molecule has 0 nitrogen and oxygen atoms in total. The molecule has 2 heteroatoms. The van der Waals surface area contributed by atoms with Crippen molar-refractivity contribution in [1.82, 2.24) is 0 Å². The summed E-state index contributed by atoms with van der Waals surface area (Å²) in [5.41, 5.74) is 7.14. The molecule has 0 radical (unpaired) electrons. The van der Waals surface area contributed by atoms with Crippen LogP contribution in [0.4, 0.5) is 0 Å². The zero-order valence-electron chi connectivity index (χ0n) is 16.6. The average Bonchev–Trinajstić information content (AvgIpc) is 2.65. The molecule has 0 aliphatic rings. The summed E-state index contributed by atoms with van der Waals surface area (Å²) in [6.45, 7) is 9.32. The minimum Gasteiger partial charge on any atom is -0.126 e. The van der Waals surface area contributed by atoms with E-state index in [1.807, 2.05) is 0 Å². The molecular weight excluding hydrogens is 344 g/mol. The first-order valence-electron chi connectivity index (χ1n) is 9.53. The summed E-state index contributed by atoms with van der Waals surface area (Å²) in [6, 6.07) is 21.5. The van der Waals surface area contributed by atoms with Crippen molar-refractivity contribution in [2.75, 3.05) is 0 Å². The van der Waals surface area contributed by atoms with Crippen LogP contribution in [0.25, 0.3) is 0 Å². The van der Waals surface area contributed by atoms with Gasteiger partial charge in [0, 0.05) is 12.8 Å². The van der Waals surface area contributed by atoms with Gasteiger partial charge >= 0.3 is 0 Å². The highest BCUT2D eigenvalue weighted by Crippen LogP contribution is 2.05. The monoisotopic (exact) mass is 374 g/mol. The van der Waals surface area contributed by atoms with E-state index in [1.165, 1.54) is 10.4 Å². The van der Waals surface area contributed by atoms with Crippen molar-refractivity contribution in [2.45, 2.75) is 51.9 Å². The number of unbranched alkanes of at least 4 members (excludes halogenated alkanes) is 3. The molecule has 0 unspecified atom stereocenters. The van der Waals surface area contributed by atoms with E-state index in [2.05, 4.69) is 110 Å². The summed E-state index contributed by atoms with van der Waals surface area (Å²) >= 11 is 0. The van der Waals surface area contributed by atoms with Gasteiger partial charge in [-0.2, -0.15) is 0 Å². The molecule has 0 fully saturated rings. The van der Waals surface area contributed by atoms with Crippen LogP contribution in [0.15, 0.2) is 60.7 Å². The fourth-order valence-electron chi connectivity index (χ4n) is 2.85. The number of hydrogen-bond acceptors (Lipinski definition) is 0. The predicted octanol–water partition coefficient (Wildman–Crippen LogP) is 4.86. The van der Waals surface area contributed by atoms with Crippen LogP contribution in [0.5, 0.6) is 0 Å². The van der Waals surface area contributed by atoms with Gasteiger partial charge in [0.15, 0.2) is 16.1 Å². The highest BCUT2D eigenvalue weighted by molar-refractivity contribution is 6.96. The smallest absolute Gasteiger partial charge is 0.126 e. The second kappa shape index (κ2) is 9.63. The Morgan fingerprint density at radius 3 is 1.27 bits per heavy atom. The predicted molar refractivity (Wildman–Crippen MR) is 121 cm³/mol. The van der Waals surface area contributed by atoms with Crippen LogP contribution in [-0.2, 0) is 0 Å². The highest BCUT2D eigenvalue weighted by Gasteiger charge is 2.20. The molecule has 2 aromatic rings. The lowest BCUT2D eigenvalue weighted by molar-refractivity contribution is 0.783. The molecule has 134 valence electrons. The second-order valence-electron chi connectivity index (χ2n) is 7.79. The van der Waals surface area contributed by atoms with E-state index in [0.29, 0.717) is 0 Å². The fourth-order valence-corrected chi connectivity index (χ4v) is 6.32. The van der Waals surface area contributed by atoms with Crippen LogP contribution >= 0.6 is 0 Å². The van der Waals surface area contributed by atoms with E-state index in [4.69, 9.17) is 0 Å². The van der Waals surface area contributed by atoms with Crippen molar-refractivity contribution >= 4 is 26.5 Å². The van der Waals surface area contributed by atoms with Gasteiger partial charge in [-0.15, -0.1) is 22.9 Å². The van der Waals surface area contributed by atoms with Gasteiger partial charge in [0.25, 0.3) is 0 Å². The molecular formula is C24H30Si2. The molecule has 2 rings (SSSR count). The second-order valence-corrected chi connectivity index (χ2v) is 15.9. The number of rotatable bonds is 5. The van der Waals surface area contributed by atoms with E-state index >= 15 is 0 Å². The van der Waals surface area contributed by atoms with Crippen molar-refractivity contribution in [3.63, 3.8) is 0 Å². The van der Waals surface area contributed by atoms with Crippen LogP contribution in [0, 0.1) is 22.9 Å². The topological polar surface area (TPSA) is 0 Å². The summed E-state index contributed by atoms with van der Waals surface area (Å²) in [4.78, 5) is 0. The normalized spacial score (nSPS) is 11.1. The van der Waals surface area contributed by atoms with Crippen molar-refractivity contribution in [3.05, 3.63) is 60.7 Å². The van der Waals surface area contributed by atoms with Gasteiger partial charge in [-0.05, 0) is 23.2 Å². The lowest BCUT2D eigenvalue weighted by Crippen LogP contribution is -2.39. The van der Waals surface area contributed by atoms with Crippen LogP contribution in [0.1, 0.15) is 25.7 Å². The summed E-state index contributed by atoms with van der Waals surface area (Å²) in [7, 11) is -3.20. The number of hydrogen-bond donors (Lipinski definition) is 0. The Hall–Kier alpha value is -2.01. The van der Waals surface area contributed by atoms with Crippen LogP contribution in [-0.4, -0.2) is 16.1 Å². The van der Waals surface area contributed by atoms with Crippen LogP contribution in [0.3, 0.4) is 0 Å². The van der Waals surface area contributed by atoms with Crippen LogP contribution < -0.4 is 10.4 Å². The minimum absolute atomic E-state index is 0.991. The molecule has 0 saturated heterocycles. The maximum atomic E-state index is 3.57. The largest absolute Gasteiger partial charge is 0.162 e. The Balaban J connectivity index is 1.76. The summed E-state index contributed by atoms with van der Waals surface area (Å²) in [5.74, 6) is 6.86. The molecule has 0 aliphatic carbocycles. The van der Waals surface area contributed by atoms with Gasteiger partial charge in [-0.1, -0.05) is 86.9 Å². The Labute approximate surface area is 162 Å². The first-order valence-corrected chi connectivity index (χ1v) is 15.5. The van der Waals surface area contributed by atoms with E-state index in [9.17, 15) is 0 Å². The third kappa shape index (κ3) is 6.38. The molecule has 0 aromatic heterocycles. The Kier molecular flexibility index (Phi) is 7.52. The van der Waals surface area contributed by atoms with E-state index < -0.39 is 16.1 Å². The van der Waals surface area contributed by atoms with Gasteiger partial charge in [0.05, 0.1) is 0 Å². The lowest BCUT2D eigenvalue weighted by Gasteiger charge is -2.15. The quantitative estimate of drug-likeness (QED) is 0.398. The molecule has 0 heterocycles.